The Bertz CT molecular complexity index is 753. The molecule has 158 valence electrons. The lowest BCUT2D eigenvalue weighted by Crippen LogP contribution is -2.31. The number of aliphatic hydroxyl groups is 1. The minimum Gasteiger partial charge on any atom is -0.385 e. The molecule has 2 aromatic rings. The Balaban J connectivity index is 0.000000166. The summed E-state index contributed by atoms with van der Waals surface area (Å²) in [6.45, 7) is 0. The zero-order valence-corrected chi connectivity index (χ0v) is 20.2. The van der Waals surface area contributed by atoms with Gasteiger partial charge >= 0.3 is 0 Å². The van der Waals surface area contributed by atoms with Crippen LogP contribution in [0, 0.1) is 0 Å². The molecule has 0 bridgehead atoms. The Hall–Kier alpha value is -0.820. The van der Waals surface area contributed by atoms with Gasteiger partial charge in [-0.1, -0.05) is 50.7 Å². The van der Waals surface area contributed by atoms with Crippen molar-refractivity contribution in [3.63, 3.8) is 0 Å². The largest absolute Gasteiger partial charge is 0.385 e. The number of methoxy groups -OCH3 is 1. The number of aromatic nitrogens is 2. The van der Waals surface area contributed by atoms with E-state index < -0.39 is 5.60 Å². The van der Waals surface area contributed by atoms with Crippen molar-refractivity contribution in [3.8, 4) is 0 Å². The molecule has 0 spiro atoms. The monoisotopic (exact) mass is 524 g/mol. The molecule has 4 rings (SSSR count). The number of rotatable bonds is 3. The summed E-state index contributed by atoms with van der Waals surface area (Å²) < 4.78 is 7.45. The molecule has 4 nitrogen and oxygen atoms in total. The molecule has 0 aromatic carbocycles. The van der Waals surface area contributed by atoms with Crippen molar-refractivity contribution >= 4 is 31.9 Å². The van der Waals surface area contributed by atoms with E-state index in [1.54, 1.807) is 6.20 Å². The highest BCUT2D eigenvalue weighted by molar-refractivity contribution is 9.10. The van der Waals surface area contributed by atoms with Crippen molar-refractivity contribution in [1.82, 2.24) is 9.97 Å². The zero-order valence-electron chi connectivity index (χ0n) is 17.0. The molecular weight excluding hydrogens is 496 g/mol. The van der Waals surface area contributed by atoms with E-state index in [2.05, 4.69) is 47.9 Å². The Kier molecular flexibility index (Phi) is 8.25. The summed E-state index contributed by atoms with van der Waals surface area (Å²) in [4.78, 5) is 8.44. The number of hydrogen-bond donors (Lipinski definition) is 1. The maximum Gasteiger partial charge on any atom is 0.106 e. The maximum atomic E-state index is 10.4. The van der Waals surface area contributed by atoms with Gasteiger partial charge < -0.3 is 9.84 Å². The molecule has 0 unspecified atom stereocenters. The van der Waals surface area contributed by atoms with Crippen molar-refractivity contribution < 1.29 is 9.84 Å². The van der Waals surface area contributed by atoms with E-state index >= 15 is 0 Å². The summed E-state index contributed by atoms with van der Waals surface area (Å²) in [7, 11) is 1.81. The second kappa shape index (κ2) is 10.5. The average Bonchev–Trinajstić information content (AvgIpc) is 2.76. The fourth-order valence-corrected chi connectivity index (χ4v) is 4.92. The Morgan fingerprint density at radius 1 is 0.759 bits per heavy atom. The highest BCUT2D eigenvalue weighted by atomic mass is 79.9. The van der Waals surface area contributed by atoms with E-state index in [-0.39, 0.29) is 5.60 Å². The molecule has 2 aromatic heterocycles. The lowest BCUT2D eigenvalue weighted by atomic mass is 9.80. The number of pyridine rings is 2. The fourth-order valence-electron chi connectivity index (χ4n) is 4.46. The molecule has 2 saturated carbocycles. The van der Waals surface area contributed by atoms with Crippen molar-refractivity contribution in [1.29, 1.82) is 0 Å². The summed E-state index contributed by atoms with van der Waals surface area (Å²) >= 11 is 6.65. The standard InChI is InChI=1S/C12H16BrNO.C11H14BrNO/c1-15-12(7-3-2-4-8-12)10-5-6-11(13)14-9-10;12-10-5-4-9(8-13-10)11(14)6-2-1-3-7-11/h5-6,9H,2-4,7-8H2,1H3;4-5,8,14H,1-3,6-7H2. The molecular formula is C23H30Br2N2O2. The second-order valence-corrected chi connectivity index (χ2v) is 9.72. The highest BCUT2D eigenvalue weighted by Crippen LogP contribution is 2.40. The topological polar surface area (TPSA) is 55.2 Å². The first-order valence-electron chi connectivity index (χ1n) is 10.5. The molecule has 1 N–H and O–H groups in total. The van der Waals surface area contributed by atoms with Crippen molar-refractivity contribution in [2.75, 3.05) is 7.11 Å². The number of ether oxygens (including phenoxy) is 1. The number of halogens is 2. The molecule has 2 aliphatic carbocycles. The molecule has 0 radical (unpaired) electrons. The molecule has 6 heteroatoms. The van der Waals surface area contributed by atoms with Crippen LogP contribution < -0.4 is 0 Å². The molecule has 0 aliphatic heterocycles. The number of nitrogens with zero attached hydrogens (tertiary/aromatic N) is 2. The molecule has 0 amide bonds. The van der Waals surface area contributed by atoms with Crippen molar-refractivity contribution in [2.24, 2.45) is 0 Å². The van der Waals surface area contributed by atoms with Gasteiger partial charge in [-0.3, -0.25) is 0 Å². The summed E-state index contributed by atoms with van der Waals surface area (Å²) in [6.07, 6.45) is 15.0. The smallest absolute Gasteiger partial charge is 0.106 e. The molecule has 2 aliphatic rings. The first kappa shape index (κ1) is 22.9. The van der Waals surface area contributed by atoms with Gasteiger partial charge in [0.15, 0.2) is 0 Å². The first-order chi connectivity index (χ1) is 14.0. The van der Waals surface area contributed by atoms with Crippen LogP contribution >= 0.6 is 31.9 Å². The van der Waals surface area contributed by atoms with Crippen LogP contribution in [-0.2, 0) is 15.9 Å². The average molecular weight is 526 g/mol. The molecule has 0 saturated heterocycles. The van der Waals surface area contributed by atoms with E-state index in [0.717, 1.165) is 53.3 Å². The van der Waals surface area contributed by atoms with E-state index in [4.69, 9.17) is 4.74 Å². The predicted octanol–water partition coefficient (Wildman–Crippen LogP) is 6.65. The van der Waals surface area contributed by atoms with Gasteiger partial charge in [0.2, 0.25) is 0 Å². The summed E-state index contributed by atoms with van der Waals surface area (Å²) in [5, 5.41) is 10.4. The molecule has 2 heterocycles. The maximum absolute atomic E-state index is 10.4. The Morgan fingerprint density at radius 2 is 1.24 bits per heavy atom. The molecule has 0 atom stereocenters. The Morgan fingerprint density at radius 3 is 1.69 bits per heavy atom. The molecule has 29 heavy (non-hydrogen) atoms. The predicted molar refractivity (Wildman–Crippen MR) is 123 cm³/mol. The van der Waals surface area contributed by atoms with E-state index in [1.807, 2.05) is 31.5 Å². The third-order valence-corrected chi connectivity index (χ3v) is 7.19. The third-order valence-electron chi connectivity index (χ3n) is 6.25. The van der Waals surface area contributed by atoms with Gasteiger partial charge in [-0.15, -0.1) is 0 Å². The number of hydrogen-bond acceptors (Lipinski definition) is 4. The van der Waals surface area contributed by atoms with Gasteiger partial charge in [0.05, 0.1) is 11.2 Å². The van der Waals surface area contributed by atoms with E-state index in [1.165, 1.54) is 31.2 Å². The highest BCUT2D eigenvalue weighted by Gasteiger charge is 2.34. The lowest BCUT2D eigenvalue weighted by molar-refractivity contribution is -0.0447. The fraction of sp³-hybridized carbons (Fsp3) is 0.565. The van der Waals surface area contributed by atoms with Gasteiger partial charge in [0.25, 0.3) is 0 Å². The minimum absolute atomic E-state index is 0.0774. The van der Waals surface area contributed by atoms with Gasteiger partial charge in [-0.2, -0.15) is 0 Å². The van der Waals surface area contributed by atoms with Crippen LogP contribution in [0.25, 0.3) is 0 Å². The third kappa shape index (κ3) is 5.87. The van der Waals surface area contributed by atoms with Crippen LogP contribution in [0.2, 0.25) is 0 Å². The second-order valence-electron chi connectivity index (χ2n) is 8.09. The van der Waals surface area contributed by atoms with Crippen LogP contribution in [0.5, 0.6) is 0 Å². The van der Waals surface area contributed by atoms with Crippen LogP contribution in [0.3, 0.4) is 0 Å². The van der Waals surface area contributed by atoms with Gasteiger partial charge in [0.1, 0.15) is 9.21 Å². The van der Waals surface area contributed by atoms with Crippen LogP contribution in [0.15, 0.2) is 45.9 Å². The van der Waals surface area contributed by atoms with Crippen LogP contribution in [0.4, 0.5) is 0 Å². The van der Waals surface area contributed by atoms with Gasteiger partial charge in [0, 0.05) is 30.6 Å². The van der Waals surface area contributed by atoms with Crippen LogP contribution in [0.1, 0.15) is 75.3 Å². The lowest BCUT2D eigenvalue weighted by Gasteiger charge is -2.36. The van der Waals surface area contributed by atoms with Crippen molar-refractivity contribution in [2.45, 2.75) is 75.4 Å². The van der Waals surface area contributed by atoms with E-state index in [9.17, 15) is 5.11 Å². The summed E-state index contributed by atoms with van der Waals surface area (Å²) in [6, 6.07) is 7.96. The van der Waals surface area contributed by atoms with E-state index in [0.29, 0.717) is 0 Å². The van der Waals surface area contributed by atoms with Gasteiger partial charge in [-0.05, 0) is 69.7 Å². The summed E-state index contributed by atoms with van der Waals surface area (Å²) in [5.74, 6) is 0. The first-order valence-corrected chi connectivity index (χ1v) is 12.1. The molecule has 2 fully saturated rings. The summed E-state index contributed by atoms with van der Waals surface area (Å²) in [5.41, 5.74) is 1.48. The van der Waals surface area contributed by atoms with Gasteiger partial charge in [-0.25, -0.2) is 9.97 Å². The zero-order chi connectivity index (χ0) is 20.7. The Labute approximate surface area is 190 Å². The van der Waals surface area contributed by atoms with Crippen molar-refractivity contribution in [3.05, 3.63) is 57.0 Å². The van der Waals surface area contributed by atoms with Crippen LogP contribution in [-0.4, -0.2) is 22.2 Å². The SMILES string of the molecule is COC1(c2ccc(Br)nc2)CCCCC1.OC1(c2ccc(Br)nc2)CCCCC1. The quantitative estimate of drug-likeness (QED) is 0.456. The normalized spacial score (nSPS) is 20.4. The minimum atomic E-state index is -0.619.